The molecule has 0 bridgehead atoms. The van der Waals surface area contributed by atoms with Gasteiger partial charge in [-0.1, -0.05) is 31.3 Å². The van der Waals surface area contributed by atoms with Crippen molar-refractivity contribution in [1.29, 1.82) is 0 Å². The molecule has 1 aliphatic carbocycles. The molecule has 0 aromatic carbocycles. The molecule has 1 saturated carbocycles. The van der Waals surface area contributed by atoms with Crippen LogP contribution in [0.5, 0.6) is 0 Å². The fourth-order valence-electron chi connectivity index (χ4n) is 2.30. The van der Waals surface area contributed by atoms with Crippen LogP contribution in [0.4, 0.5) is 0 Å². The Hall–Kier alpha value is -0.570. The SMILES string of the molecule is CC1CCCCC1c1noc(CCCl)n1. The number of aryl methyl sites for hydroxylation is 1. The van der Waals surface area contributed by atoms with Gasteiger partial charge in [0.05, 0.1) is 0 Å². The monoisotopic (exact) mass is 228 g/mol. The van der Waals surface area contributed by atoms with Crippen LogP contribution in [0, 0.1) is 5.92 Å². The van der Waals surface area contributed by atoms with Crippen LogP contribution >= 0.6 is 11.6 Å². The van der Waals surface area contributed by atoms with Crippen LogP contribution in [-0.4, -0.2) is 16.0 Å². The number of hydrogen-bond acceptors (Lipinski definition) is 3. The maximum absolute atomic E-state index is 5.63. The number of nitrogens with zero attached hydrogens (tertiary/aromatic N) is 2. The molecule has 1 aromatic rings. The van der Waals surface area contributed by atoms with Gasteiger partial charge in [-0.25, -0.2) is 0 Å². The van der Waals surface area contributed by atoms with Crippen LogP contribution in [0.3, 0.4) is 0 Å². The molecule has 84 valence electrons. The average Bonchev–Trinajstić information content (AvgIpc) is 2.68. The van der Waals surface area contributed by atoms with Crippen LogP contribution in [0.15, 0.2) is 4.52 Å². The second-order valence-corrected chi connectivity index (χ2v) is 4.73. The normalized spacial score (nSPS) is 26.8. The smallest absolute Gasteiger partial charge is 0.227 e. The van der Waals surface area contributed by atoms with Gasteiger partial charge >= 0.3 is 0 Å². The third kappa shape index (κ3) is 2.51. The maximum Gasteiger partial charge on any atom is 0.227 e. The molecule has 4 heteroatoms. The van der Waals surface area contributed by atoms with E-state index in [1.165, 1.54) is 25.7 Å². The van der Waals surface area contributed by atoms with E-state index in [2.05, 4.69) is 17.1 Å². The molecule has 2 unspecified atom stereocenters. The molecule has 0 amide bonds. The highest BCUT2D eigenvalue weighted by molar-refractivity contribution is 6.17. The zero-order valence-electron chi connectivity index (χ0n) is 9.08. The van der Waals surface area contributed by atoms with E-state index >= 15 is 0 Å². The largest absolute Gasteiger partial charge is 0.339 e. The van der Waals surface area contributed by atoms with Crippen molar-refractivity contribution in [3.8, 4) is 0 Å². The highest BCUT2D eigenvalue weighted by atomic mass is 35.5. The topological polar surface area (TPSA) is 38.9 Å². The van der Waals surface area contributed by atoms with E-state index in [0.717, 1.165) is 5.82 Å². The van der Waals surface area contributed by atoms with Gasteiger partial charge in [-0.05, 0) is 12.3 Å². The van der Waals surface area contributed by atoms with Gasteiger partial charge in [-0.2, -0.15) is 4.98 Å². The first-order valence-electron chi connectivity index (χ1n) is 5.69. The molecular formula is C11H17ClN2O. The summed E-state index contributed by atoms with van der Waals surface area (Å²) in [5, 5.41) is 4.06. The Balaban J connectivity index is 2.06. The Morgan fingerprint density at radius 1 is 1.40 bits per heavy atom. The number of hydrogen-bond donors (Lipinski definition) is 0. The highest BCUT2D eigenvalue weighted by Crippen LogP contribution is 2.35. The van der Waals surface area contributed by atoms with Crippen LogP contribution in [-0.2, 0) is 6.42 Å². The predicted molar refractivity (Wildman–Crippen MR) is 59.1 cm³/mol. The van der Waals surface area contributed by atoms with Gasteiger partial charge in [0.15, 0.2) is 5.82 Å². The molecule has 0 saturated heterocycles. The number of aromatic nitrogens is 2. The molecule has 0 radical (unpaired) electrons. The van der Waals surface area contributed by atoms with E-state index in [1.54, 1.807) is 0 Å². The lowest BCUT2D eigenvalue weighted by Crippen LogP contribution is -2.16. The van der Waals surface area contributed by atoms with Crippen molar-refractivity contribution in [1.82, 2.24) is 10.1 Å². The van der Waals surface area contributed by atoms with E-state index in [4.69, 9.17) is 16.1 Å². The second-order valence-electron chi connectivity index (χ2n) is 4.35. The quantitative estimate of drug-likeness (QED) is 0.746. The average molecular weight is 229 g/mol. The third-order valence-corrected chi connectivity index (χ3v) is 3.42. The summed E-state index contributed by atoms with van der Waals surface area (Å²) in [7, 11) is 0. The minimum absolute atomic E-state index is 0.492. The minimum Gasteiger partial charge on any atom is -0.339 e. The molecule has 1 heterocycles. The lowest BCUT2D eigenvalue weighted by molar-refractivity contribution is 0.305. The molecule has 0 N–H and O–H groups in total. The Morgan fingerprint density at radius 2 is 2.20 bits per heavy atom. The molecule has 0 spiro atoms. The first-order valence-corrected chi connectivity index (χ1v) is 6.23. The van der Waals surface area contributed by atoms with Crippen LogP contribution < -0.4 is 0 Å². The number of alkyl halides is 1. The van der Waals surface area contributed by atoms with Crippen molar-refractivity contribution < 1.29 is 4.52 Å². The fourth-order valence-corrected chi connectivity index (χ4v) is 2.46. The van der Waals surface area contributed by atoms with Crippen molar-refractivity contribution in [3.05, 3.63) is 11.7 Å². The van der Waals surface area contributed by atoms with E-state index < -0.39 is 0 Å². The Labute approximate surface area is 95.2 Å². The zero-order valence-corrected chi connectivity index (χ0v) is 9.83. The summed E-state index contributed by atoms with van der Waals surface area (Å²) in [6, 6.07) is 0. The van der Waals surface area contributed by atoms with E-state index in [9.17, 15) is 0 Å². The summed E-state index contributed by atoms with van der Waals surface area (Å²) < 4.78 is 5.16. The fraction of sp³-hybridized carbons (Fsp3) is 0.818. The molecule has 0 aliphatic heterocycles. The standard InChI is InChI=1S/C11H17ClN2O/c1-8-4-2-3-5-9(8)11-13-10(6-7-12)15-14-11/h8-9H,2-7H2,1H3. The van der Waals surface area contributed by atoms with E-state index in [-0.39, 0.29) is 0 Å². The van der Waals surface area contributed by atoms with Crippen molar-refractivity contribution in [2.45, 2.75) is 44.9 Å². The van der Waals surface area contributed by atoms with Crippen molar-refractivity contribution in [2.24, 2.45) is 5.92 Å². The van der Waals surface area contributed by atoms with Gasteiger partial charge in [0.2, 0.25) is 5.89 Å². The Bertz CT molecular complexity index is 313. The first kappa shape index (κ1) is 10.9. The third-order valence-electron chi connectivity index (χ3n) is 3.24. The van der Waals surface area contributed by atoms with E-state index in [0.29, 0.717) is 30.0 Å². The molecule has 1 fully saturated rings. The van der Waals surface area contributed by atoms with E-state index in [1.807, 2.05) is 0 Å². The van der Waals surface area contributed by atoms with Gasteiger partial charge < -0.3 is 4.52 Å². The summed E-state index contributed by atoms with van der Waals surface area (Å²) >= 11 is 5.63. The molecule has 2 atom stereocenters. The summed E-state index contributed by atoms with van der Waals surface area (Å²) in [5.41, 5.74) is 0. The van der Waals surface area contributed by atoms with Gasteiger partial charge in [0, 0.05) is 18.2 Å². The van der Waals surface area contributed by atoms with Gasteiger partial charge in [0.25, 0.3) is 0 Å². The van der Waals surface area contributed by atoms with Crippen molar-refractivity contribution in [2.75, 3.05) is 5.88 Å². The lowest BCUT2D eigenvalue weighted by Gasteiger charge is -2.25. The summed E-state index contributed by atoms with van der Waals surface area (Å²) in [5.74, 6) is 3.29. The van der Waals surface area contributed by atoms with Gasteiger partial charge in [-0.15, -0.1) is 11.6 Å². The van der Waals surface area contributed by atoms with Gasteiger partial charge in [-0.3, -0.25) is 0 Å². The Kier molecular flexibility index (Phi) is 3.62. The zero-order chi connectivity index (χ0) is 10.7. The molecule has 15 heavy (non-hydrogen) atoms. The lowest BCUT2D eigenvalue weighted by atomic mass is 9.80. The van der Waals surface area contributed by atoms with Crippen LogP contribution in [0.1, 0.15) is 50.2 Å². The van der Waals surface area contributed by atoms with Crippen LogP contribution in [0.25, 0.3) is 0 Å². The summed E-state index contributed by atoms with van der Waals surface area (Å²) in [6.45, 7) is 2.28. The minimum atomic E-state index is 0.492. The maximum atomic E-state index is 5.63. The van der Waals surface area contributed by atoms with Crippen LogP contribution in [0.2, 0.25) is 0 Å². The summed E-state index contributed by atoms with van der Waals surface area (Å²) in [4.78, 5) is 4.41. The van der Waals surface area contributed by atoms with Gasteiger partial charge in [0.1, 0.15) is 0 Å². The number of halogens is 1. The molecule has 1 aromatic heterocycles. The second kappa shape index (κ2) is 4.97. The predicted octanol–water partition coefficient (Wildman–Crippen LogP) is 3.14. The summed E-state index contributed by atoms with van der Waals surface area (Å²) in [6.07, 6.45) is 5.78. The van der Waals surface area contributed by atoms with Crippen molar-refractivity contribution >= 4 is 11.6 Å². The first-order chi connectivity index (χ1) is 7.31. The molecule has 3 nitrogen and oxygen atoms in total. The Morgan fingerprint density at radius 3 is 2.93 bits per heavy atom. The highest BCUT2D eigenvalue weighted by Gasteiger charge is 2.26. The molecule has 2 rings (SSSR count). The molecule has 1 aliphatic rings. The van der Waals surface area contributed by atoms with Crippen molar-refractivity contribution in [3.63, 3.8) is 0 Å². The number of rotatable bonds is 3. The molecular weight excluding hydrogens is 212 g/mol.